The summed E-state index contributed by atoms with van der Waals surface area (Å²) in [5.74, 6) is 2.67. The molecule has 1 nitrogen and oxygen atoms in total. The standard InChI is InChI=1S/C13H24O/c1-9(2)7-10(3)11-5-6-13(4)12(8-11)14-13/h9-12H,5-8H2,1-4H3. The van der Waals surface area contributed by atoms with Crippen LogP contribution in [0.1, 0.15) is 53.4 Å². The third kappa shape index (κ3) is 1.98. The van der Waals surface area contributed by atoms with Crippen molar-refractivity contribution in [2.75, 3.05) is 0 Å². The van der Waals surface area contributed by atoms with E-state index in [0.29, 0.717) is 11.7 Å². The van der Waals surface area contributed by atoms with Crippen LogP contribution in [0, 0.1) is 17.8 Å². The summed E-state index contributed by atoms with van der Waals surface area (Å²) in [6, 6.07) is 0. The van der Waals surface area contributed by atoms with Gasteiger partial charge in [-0.1, -0.05) is 20.8 Å². The maximum atomic E-state index is 5.75. The monoisotopic (exact) mass is 196 g/mol. The Morgan fingerprint density at radius 2 is 2.07 bits per heavy atom. The fraction of sp³-hybridized carbons (Fsp3) is 1.00. The lowest BCUT2D eigenvalue weighted by atomic mass is 9.75. The topological polar surface area (TPSA) is 12.5 Å². The van der Waals surface area contributed by atoms with Crippen LogP contribution in [0.25, 0.3) is 0 Å². The molecule has 0 aromatic carbocycles. The highest BCUT2D eigenvalue weighted by molar-refractivity contribution is 5.03. The van der Waals surface area contributed by atoms with Crippen LogP contribution in [-0.2, 0) is 4.74 Å². The summed E-state index contributed by atoms with van der Waals surface area (Å²) in [6.07, 6.45) is 6.00. The van der Waals surface area contributed by atoms with E-state index >= 15 is 0 Å². The second kappa shape index (κ2) is 3.52. The number of hydrogen-bond acceptors (Lipinski definition) is 1. The Balaban J connectivity index is 1.82. The minimum atomic E-state index is 0.300. The minimum absolute atomic E-state index is 0.300. The molecule has 1 saturated carbocycles. The molecule has 14 heavy (non-hydrogen) atoms. The average Bonchev–Trinajstić information content (AvgIpc) is 2.73. The molecule has 1 saturated heterocycles. The van der Waals surface area contributed by atoms with Crippen LogP contribution in [0.15, 0.2) is 0 Å². The van der Waals surface area contributed by atoms with Crippen LogP contribution in [0.4, 0.5) is 0 Å². The number of fused-ring (bicyclic) bond motifs is 1. The van der Waals surface area contributed by atoms with E-state index in [-0.39, 0.29) is 0 Å². The molecule has 4 atom stereocenters. The van der Waals surface area contributed by atoms with Crippen molar-refractivity contribution < 1.29 is 4.74 Å². The Hall–Kier alpha value is -0.0400. The SMILES string of the molecule is CC(C)CC(C)C1CCC2(C)OC2C1. The van der Waals surface area contributed by atoms with Gasteiger partial charge in [0, 0.05) is 0 Å². The molecule has 1 heterocycles. The Bertz CT molecular complexity index is 211. The van der Waals surface area contributed by atoms with Crippen LogP contribution in [0.2, 0.25) is 0 Å². The van der Waals surface area contributed by atoms with Gasteiger partial charge in [-0.3, -0.25) is 0 Å². The first-order valence-electron chi connectivity index (χ1n) is 6.19. The van der Waals surface area contributed by atoms with Crippen molar-refractivity contribution >= 4 is 0 Å². The predicted octanol–water partition coefficient (Wildman–Crippen LogP) is 3.63. The van der Waals surface area contributed by atoms with Crippen molar-refractivity contribution in [2.45, 2.75) is 65.1 Å². The minimum Gasteiger partial charge on any atom is -0.366 e. The molecular weight excluding hydrogens is 172 g/mol. The van der Waals surface area contributed by atoms with Crippen molar-refractivity contribution in [3.8, 4) is 0 Å². The molecular formula is C13H24O. The average molecular weight is 196 g/mol. The lowest BCUT2D eigenvalue weighted by molar-refractivity contribution is 0.235. The summed E-state index contributed by atoms with van der Waals surface area (Å²) in [7, 11) is 0. The highest BCUT2D eigenvalue weighted by Gasteiger charge is 2.55. The summed E-state index contributed by atoms with van der Waals surface area (Å²) in [4.78, 5) is 0. The number of ether oxygens (including phenoxy) is 1. The van der Waals surface area contributed by atoms with E-state index in [9.17, 15) is 0 Å². The Morgan fingerprint density at radius 1 is 1.36 bits per heavy atom. The van der Waals surface area contributed by atoms with Gasteiger partial charge in [0.15, 0.2) is 0 Å². The van der Waals surface area contributed by atoms with Gasteiger partial charge in [0.25, 0.3) is 0 Å². The van der Waals surface area contributed by atoms with E-state index in [4.69, 9.17) is 4.74 Å². The first-order valence-corrected chi connectivity index (χ1v) is 6.19. The molecule has 0 amide bonds. The quantitative estimate of drug-likeness (QED) is 0.628. The molecule has 1 heteroatoms. The molecule has 2 aliphatic rings. The third-order valence-corrected chi connectivity index (χ3v) is 4.21. The van der Waals surface area contributed by atoms with Crippen molar-refractivity contribution in [3.05, 3.63) is 0 Å². The van der Waals surface area contributed by atoms with E-state index in [0.717, 1.165) is 17.8 Å². The predicted molar refractivity (Wildman–Crippen MR) is 59.2 cm³/mol. The molecule has 4 unspecified atom stereocenters. The Morgan fingerprint density at radius 3 is 2.64 bits per heavy atom. The van der Waals surface area contributed by atoms with Crippen molar-refractivity contribution in [2.24, 2.45) is 17.8 Å². The third-order valence-electron chi connectivity index (χ3n) is 4.21. The van der Waals surface area contributed by atoms with Gasteiger partial charge in [-0.25, -0.2) is 0 Å². The highest BCUT2D eigenvalue weighted by Crippen LogP contribution is 2.51. The van der Waals surface area contributed by atoms with Crippen LogP contribution in [0.3, 0.4) is 0 Å². The number of rotatable bonds is 3. The van der Waals surface area contributed by atoms with E-state index in [1.54, 1.807) is 0 Å². The molecule has 0 N–H and O–H groups in total. The van der Waals surface area contributed by atoms with Gasteiger partial charge in [-0.2, -0.15) is 0 Å². The fourth-order valence-corrected chi connectivity index (χ4v) is 3.13. The molecule has 0 aromatic heterocycles. The van der Waals surface area contributed by atoms with Crippen LogP contribution in [0.5, 0.6) is 0 Å². The molecule has 0 spiro atoms. The summed E-state index contributed by atoms with van der Waals surface area (Å²) in [5, 5.41) is 0. The van der Waals surface area contributed by atoms with Crippen LogP contribution in [-0.4, -0.2) is 11.7 Å². The second-order valence-corrected chi connectivity index (χ2v) is 6.06. The largest absolute Gasteiger partial charge is 0.366 e. The molecule has 0 aromatic rings. The number of hydrogen-bond donors (Lipinski definition) is 0. The summed E-state index contributed by atoms with van der Waals surface area (Å²) in [6.45, 7) is 9.37. The van der Waals surface area contributed by atoms with Gasteiger partial charge >= 0.3 is 0 Å². The maximum Gasteiger partial charge on any atom is 0.0920 e. The number of epoxide rings is 1. The van der Waals surface area contributed by atoms with Crippen LogP contribution >= 0.6 is 0 Å². The van der Waals surface area contributed by atoms with E-state index < -0.39 is 0 Å². The zero-order valence-electron chi connectivity index (χ0n) is 10.0. The second-order valence-electron chi connectivity index (χ2n) is 6.06. The molecule has 0 radical (unpaired) electrons. The molecule has 1 aliphatic heterocycles. The van der Waals surface area contributed by atoms with E-state index in [1.165, 1.54) is 25.7 Å². The van der Waals surface area contributed by atoms with Crippen molar-refractivity contribution in [1.29, 1.82) is 0 Å². The summed E-state index contributed by atoms with van der Waals surface area (Å²) in [5.41, 5.74) is 0.300. The normalized spacial score (nSPS) is 43.5. The smallest absolute Gasteiger partial charge is 0.0920 e. The van der Waals surface area contributed by atoms with Gasteiger partial charge in [0.1, 0.15) is 0 Å². The van der Waals surface area contributed by atoms with E-state index in [2.05, 4.69) is 27.7 Å². The Kier molecular flexibility index (Phi) is 2.63. The lowest BCUT2D eigenvalue weighted by Crippen LogP contribution is -2.25. The molecule has 82 valence electrons. The van der Waals surface area contributed by atoms with Gasteiger partial charge in [0.05, 0.1) is 11.7 Å². The van der Waals surface area contributed by atoms with Gasteiger partial charge in [-0.15, -0.1) is 0 Å². The van der Waals surface area contributed by atoms with Crippen LogP contribution < -0.4 is 0 Å². The molecule has 2 rings (SSSR count). The highest BCUT2D eigenvalue weighted by atomic mass is 16.6. The van der Waals surface area contributed by atoms with Crippen molar-refractivity contribution in [3.63, 3.8) is 0 Å². The molecule has 1 aliphatic carbocycles. The Labute approximate surface area is 88.2 Å². The first kappa shape index (κ1) is 10.5. The van der Waals surface area contributed by atoms with Gasteiger partial charge in [0.2, 0.25) is 0 Å². The molecule has 0 bridgehead atoms. The van der Waals surface area contributed by atoms with E-state index in [1.807, 2.05) is 0 Å². The first-order chi connectivity index (χ1) is 6.51. The van der Waals surface area contributed by atoms with Crippen molar-refractivity contribution in [1.82, 2.24) is 0 Å². The fourth-order valence-electron chi connectivity index (χ4n) is 3.13. The molecule has 2 fully saturated rings. The van der Waals surface area contributed by atoms with Gasteiger partial charge in [-0.05, 0) is 50.4 Å². The summed E-state index contributed by atoms with van der Waals surface area (Å²) >= 11 is 0. The zero-order chi connectivity index (χ0) is 10.3. The van der Waals surface area contributed by atoms with Gasteiger partial charge < -0.3 is 4.74 Å². The maximum absolute atomic E-state index is 5.75. The zero-order valence-corrected chi connectivity index (χ0v) is 10.0. The summed E-state index contributed by atoms with van der Waals surface area (Å²) < 4.78 is 5.75. The lowest BCUT2D eigenvalue weighted by Gasteiger charge is -2.28.